The summed E-state index contributed by atoms with van der Waals surface area (Å²) < 4.78 is 0. The third-order valence-electron chi connectivity index (χ3n) is 1.03. The van der Waals surface area contributed by atoms with E-state index >= 15 is 0 Å². The summed E-state index contributed by atoms with van der Waals surface area (Å²) in [6.07, 6.45) is 2.93. The lowest BCUT2D eigenvalue weighted by Gasteiger charge is -1.89. The SMILES string of the molecule is Cc1ncncc1C#N. The standard InChI is InChI=1S/C6H5N3/c1-5-6(2-7)3-8-4-9-5/h3-4H,1H3. The van der Waals surface area contributed by atoms with Crippen molar-refractivity contribution >= 4 is 0 Å². The second kappa shape index (κ2) is 2.23. The molecule has 0 aliphatic carbocycles. The van der Waals surface area contributed by atoms with Crippen LogP contribution in [0.15, 0.2) is 12.5 Å². The Morgan fingerprint density at radius 3 is 2.89 bits per heavy atom. The van der Waals surface area contributed by atoms with Crippen molar-refractivity contribution in [3.63, 3.8) is 0 Å². The quantitative estimate of drug-likeness (QED) is 0.504. The van der Waals surface area contributed by atoms with Crippen LogP contribution in [0.5, 0.6) is 0 Å². The van der Waals surface area contributed by atoms with Gasteiger partial charge in [0.25, 0.3) is 0 Å². The van der Waals surface area contributed by atoms with Gasteiger partial charge in [0.2, 0.25) is 0 Å². The van der Waals surface area contributed by atoms with Crippen LogP contribution in [-0.2, 0) is 0 Å². The van der Waals surface area contributed by atoms with Crippen LogP contribution in [0.4, 0.5) is 0 Å². The van der Waals surface area contributed by atoms with Crippen molar-refractivity contribution in [2.24, 2.45) is 0 Å². The van der Waals surface area contributed by atoms with E-state index in [1.807, 2.05) is 6.07 Å². The molecule has 0 bridgehead atoms. The van der Waals surface area contributed by atoms with Gasteiger partial charge in [0.05, 0.1) is 11.3 Å². The van der Waals surface area contributed by atoms with E-state index in [4.69, 9.17) is 5.26 Å². The molecular formula is C6H5N3. The molecule has 44 valence electrons. The minimum Gasteiger partial charge on any atom is -0.243 e. The summed E-state index contributed by atoms with van der Waals surface area (Å²) in [4.78, 5) is 7.50. The molecule has 0 unspecified atom stereocenters. The van der Waals surface area contributed by atoms with Gasteiger partial charge in [-0.25, -0.2) is 9.97 Å². The topological polar surface area (TPSA) is 49.6 Å². The van der Waals surface area contributed by atoms with Gasteiger partial charge in [-0.1, -0.05) is 0 Å². The lowest BCUT2D eigenvalue weighted by atomic mass is 10.3. The highest BCUT2D eigenvalue weighted by molar-refractivity contribution is 5.28. The van der Waals surface area contributed by atoms with Crippen molar-refractivity contribution in [1.29, 1.82) is 5.26 Å². The van der Waals surface area contributed by atoms with Gasteiger partial charge in [-0.2, -0.15) is 5.26 Å². The van der Waals surface area contributed by atoms with Gasteiger partial charge in [-0.15, -0.1) is 0 Å². The third kappa shape index (κ3) is 1.03. The van der Waals surface area contributed by atoms with Gasteiger partial charge in [0.1, 0.15) is 12.4 Å². The first-order chi connectivity index (χ1) is 4.34. The van der Waals surface area contributed by atoms with Crippen LogP contribution < -0.4 is 0 Å². The monoisotopic (exact) mass is 119 g/mol. The summed E-state index contributed by atoms with van der Waals surface area (Å²) >= 11 is 0. The molecule has 0 saturated carbocycles. The van der Waals surface area contributed by atoms with Crippen LogP contribution in [0.25, 0.3) is 0 Å². The number of rotatable bonds is 0. The second-order valence-electron chi connectivity index (χ2n) is 1.63. The van der Waals surface area contributed by atoms with Crippen molar-refractivity contribution in [2.75, 3.05) is 0 Å². The maximum absolute atomic E-state index is 8.39. The number of nitriles is 1. The molecule has 3 heteroatoms. The second-order valence-corrected chi connectivity index (χ2v) is 1.63. The van der Waals surface area contributed by atoms with Crippen molar-refractivity contribution in [2.45, 2.75) is 6.92 Å². The molecule has 1 heterocycles. The molecule has 3 nitrogen and oxygen atoms in total. The summed E-state index contributed by atoms with van der Waals surface area (Å²) in [6, 6.07) is 1.97. The summed E-state index contributed by atoms with van der Waals surface area (Å²) in [5.74, 6) is 0. The highest BCUT2D eigenvalue weighted by Crippen LogP contribution is 1.96. The molecule has 1 aromatic heterocycles. The highest BCUT2D eigenvalue weighted by atomic mass is 14.8. The zero-order valence-corrected chi connectivity index (χ0v) is 5.00. The van der Waals surface area contributed by atoms with Crippen LogP contribution in [0.3, 0.4) is 0 Å². The molecular weight excluding hydrogens is 114 g/mol. The van der Waals surface area contributed by atoms with Gasteiger partial charge in [0.15, 0.2) is 0 Å². The molecule has 1 aromatic rings. The summed E-state index contributed by atoms with van der Waals surface area (Å²) in [5.41, 5.74) is 1.27. The fourth-order valence-corrected chi connectivity index (χ4v) is 0.501. The summed E-state index contributed by atoms with van der Waals surface area (Å²) in [6.45, 7) is 1.78. The van der Waals surface area contributed by atoms with E-state index in [1.54, 1.807) is 6.92 Å². The normalized spacial score (nSPS) is 8.44. The average Bonchev–Trinajstić information content (AvgIpc) is 1.89. The molecule has 0 aliphatic heterocycles. The van der Waals surface area contributed by atoms with Crippen LogP contribution in [0, 0.1) is 18.3 Å². The first kappa shape index (κ1) is 5.70. The third-order valence-corrected chi connectivity index (χ3v) is 1.03. The fraction of sp³-hybridized carbons (Fsp3) is 0.167. The van der Waals surface area contributed by atoms with E-state index in [9.17, 15) is 0 Å². The van der Waals surface area contributed by atoms with Crippen LogP contribution in [-0.4, -0.2) is 9.97 Å². The Kier molecular flexibility index (Phi) is 1.41. The van der Waals surface area contributed by atoms with Gasteiger partial charge < -0.3 is 0 Å². The van der Waals surface area contributed by atoms with E-state index in [-0.39, 0.29) is 0 Å². The zero-order chi connectivity index (χ0) is 6.69. The fourth-order valence-electron chi connectivity index (χ4n) is 0.501. The molecule has 0 spiro atoms. The largest absolute Gasteiger partial charge is 0.243 e. The van der Waals surface area contributed by atoms with Crippen molar-refractivity contribution < 1.29 is 0 Å². The van der Waals surface area contributed by atoms with Gasteiger partial charge in [0, 0.05) is 6.20 Å². The molecule has 0 radical (unpaired) electrons. The van der Waals surface area contributed by atoms with Gasteiger partial charge in [-0.3, -0.25) is 0 Å². The zero-order valence-electron chi connectivity index (χ0n) is 5.00. The predicted molar refractivity (Wildman–Crippen MR) is 31.5 cm³/mol. The van der Waals surface area contributed by atoms with E-state index < -0.39 is 0 Å². The Bertz CT molecular complexity index is 249. The molecule has 0 amide bonds. The van der Waals surface area contributed by atoms with Crippen LogP contribution in [0.2, 0.25) is 0 Å². The van der Waals surface area contributed by atoms with E-state index in [1.165, 1.54) is 12.5 Å². The molecule has 0 saturated heterocycles. The minimum absolute atomic E-state index is 0.539. The Labute approximate surface area is 53.0 Å². The molecule has 0 fully saturated rings. The highest BCUT2D eigenvalue weighted by Gasteiger charge is 1.92. The van der Waals surface area contributed by atoms with E-state index in [2.05, 4.69) is 9.97 Å². The lowest BCUT2D eigenvalue weighted by molar-refractivity contribution is 1.08. The summed E-state index contributed by atoms with van der Waals surface area (Å²) in [5, 5.41) is 8.39. The smallest absolute Gasteiger partial charge is 0.115 e. The maximum atomic E-state index is 8.39. The minimum atomic E-state index is 0.539. The Morgan fingerprint density at radius 1 is 1.67 bits per heavy atom. The molecule has 0 aromatic carbocycles. The van der Waals surface area contributed by atoms with E-state index in [0.29, 0.717) is 5.56 Å². The number of aryl methyl sites for hydroxylation is 1. The Balaban J connectivity index is 3.20. The molecule has 1 rings (SSSR count). The molecule has 0 N–H and O–H groups in total. The van der Waals surface area contributed by atoms with Gasteiger partial charge >= 0.3 is 0 Å². The number of nitrogens with zero attached hydrogens (tertiary/aromatic N) is 3. The lowest BCUT2D eigenvalue weighted by Crippen LogP contribution is -1.86. The maximum Gasteiger partial charge on any atom is 0.115 e. The van der Waals surface area contributed by atoms with Gasteiger partial charge in [-0.05, 0) is 6.92 Å². The first-order valence-electron chi connectivity index (χ1n) is 2.51. The van der Waals surface area contributed by atoms with Crippen molar-refractivity contribution in [3.05, 3.63) is 23.8 Å². The van der Waals surface area contributed by atoms with Crippen LogP contribution >= 0.6 is 0 Å². The predicted octanol–water partition coefficient (Wildman–Crippen LogP) is 0.657. The number of aromatic nitrogens is 2. The van der Waals surface area contributed by atoms with Crippen molar-refractivity contribution in [3.8, 4) is 6.07 Å². The average molecular weight is 119 g/mol. The van der Waals surface area contributed by atoms with E-state index in [0.717, 1.165) is 5.69 Å². The number of hydrogen-bond acceptors (Lipinski definition) is 3. The first-order valence-corrected chi connectivity index (χ1v) is 2.51. The summed E-state index contributed by atoms with van der Waals surface area (Å²) in [7, 11) is 0. The Hall–Kier alpha value is -1.43. The molecule has 9 heavy (non-hydrogen) atoms. The van der Waals surface area contributed by atoms with Crippen molar-refractivity contribution in [1.82, 2.24) is 9.97 Å². The van der Waals surface area contributed by atoms with Crippen LogP contribution in [0.1, 0.15) is 11.3 Å². The molecule has 0 aliphatic rings. The molecule has 0 atom stereocenters. The Morgan fingerprint density at radius 2 is 2.44 bits per heavy atom. The number of hydrogen-bond donors (Lipinski definition) is 0.